The molecule has 1 aromatic carbocycles. The number of nitrogens with zero attached hydrogens (tertiary/aromatic N) is 1. The van der Waals surface area contributed by atoms with Crippen molar-refractivity contribution in [1.29, 1.82) is 0 Å². The lowest BCUT2D eigenvalue weighted by molar-refractivity contribution is 0.395. The van der Waals surface area contributed by atoms with Crippen molar-refractivity contribution in [1.82, 2.24) is 9.97 Å². The SMILES string of the molecule is COc1cc(NS(=O)(=O)c2c[nH]c3ncccc23)cc(OC)c1. The molecule has 3 aromatic rings. The quantitative estimate of drug-likeness (QED) is 0.748. The summed E-state index contributed by atoms with van der Waals surface area (Å²) in [7, 11) is -0.782. The number of ether oxygens (including phenoxy) is 2. The van der Waals surface area contributed by atoms with Crippen LogP contribution in [0.25, 0.3) is 11.0 Å². The van der Waals surface area contributed by atoms with Gasteiger partial charge in [0.25, 0.3) is 10.0 Å². The lowest BCUT2D eigenvalue weighted by Gasteiger charge is -2.11. The Hall–Kier alpha value is -2.74. The Morgan fingerprint density at radius 3 is 2.48 bits per heavy atom. The van der Waals surface area contributed by atoms with E-state index in [0.29, 0.717) is 28.2 Å². The fourth-order valence-electron chi connectivity index (χ4n) is 2.23. The maximum absolute atomic E-state index is 12.6. The minimum Gasteiger partial charge on any atom is -0.497 e. The number of sulfonamides is 1. The first-order valence-corrected chi connectivity index (χ1v) is 8.20. The van der Waals surface area contributed by atoms with Crippen LogP contribution in [0.3, 0.4) is 0 Å². The molecule has 0 radical (unpaired) electrons. The highest BCUT2D eigenvalue weighted by Crippen LogP contribution is 2.29. The number of hydrogen-bond donors (Lipinski definition) is 2. The van der Waals surface area contributed by atoms with E-state index in [-0.39, 0.29) is 4.90 Å². The maximum atomic E-state index is 12.6. The molecule has 0 saturated heterocycles. The summed E-state index contributed by atoms with van der Waals surface area (Å²) in [6.45, 7) is 0. The number of aromatic nitrogens is 2. The van der Waals surface area contributed by atoms with Crippen LogP contribution in [0, 0.1) is 0 Å². The molecule has 3 rings (SSSR count). The van der Waals surface area contributed by atoms with Gasteiger partial charge >= 0.3 is 0 Å². The van der Waals surface area contributed by atoms with E-state index in [1.54, 1.807) is 36.5 Å². The lowest BCUT2D eigenvalue weighted by atomic mass is 10.3. The van der Waals surface area contributed by atoms with Crippen molar-refractivity contribution in [2.24, 2.45) is 0 Å². The Kier molecular flexibility index (Phi) is 3.83. The van der Waals surface area contributed by atoms with Gasteiger partial charge in [-0.2, -0.15) is 0 Å². The zero-order valence-electron chi connectivity index (χ0n) is 12.5. The van der Waals surface area contributed by atoms with E-state index in [1.165, 1.54) is 20.4 Å². The first kappa shape index (κ1) is 15.2. The highest BCUT2D eigenvalue weighted by atomic mass is 32.2. The standard InChI is InChI=1S/C15H15N3O4S/c1-21-11-6-10(7-12(8-11)22-2)18-23(19,20)14-9-17-15-13(14)4-3-5-16-15/h3-9,18H,1-2H3,(H,16,17). The van der Waals surface area contributed by atoms with Gasteiger partial charge in [0.1, 0.15) is 22.0 Å². The molecule has 120 valence electrons. The summed E-state index contributed by atoms with van der Waals surface area (Å²) < 4.78 is 38.1. The largest absolute Gasteiger partial charge is 0.497 e. The van der Waals surface area contributed by atoms with Crippen molar-refractivity contribution >= 4 is 26.7 Å². The summed E-state index contributed by atoms with van der Waals surface area (Å²) in [6.07, 6.45) is 3.01. The van der Waals surface area contributed by atoms with E-state index in [0.717, 1.165) is 0 Å². The highest BCUT2D eigenvalue weighted by molar-refractivity contribution is 7.93. The smallest absolute Gasteiger partial charge is 0.264 e. The molecule has 2 N–H and O–H groups in total. The molecule has 8 heteroatoms. The van der Waals surface area contributed by atoms with Crippen LogP contribution in [0.15, 0.2) is 47.6 Å². The molecule has 0 amide bonds. The number of anilines is 1. The van der Waals surface area contributed by atoms with Crippen LogP contribution in [0.1, 0.15) is 0 Å². The summed E-state index contributed by atoms with van der Waals surface area (Å²) >= 11 is 0. The van der Waals surface area contributed by atoms with E-state index in [9.17, 15) is 8.42 Å². The van der Waals surface area contributed by atoms with Gasteiger partial charge in [0.2, 0.25) is 0 Å². The average Bonchev–Trinajstić information content (AvgIpc) is 2.99. The topological polar surface area (TPSA) is 93.3 Å². The second kappa shape index (κ2) is 5.81. The molecule has 0 bridgehead atoms. The normalized spacial score (nSPS) is 11.4. The number of nitrogens with one attached hydrogen (secondary N) is 2. The van der Waals surface area contributed by atoms with Crippen LogP contribution in [-0.4, -0.2) is 32.6 Å². The Bertz CT molecular complexity index is 928. The van der Waals surface area contributed by atoms with Crippen LogP contribution < -0.4 is 14.2 Å². The molecule has 2 aromatic heterocycles. The zero-order valence-corrected chi connectivity index (χ0v) is 13.3. The van der Waals surface area contributed by atoms with E-state index < -0.39 is 10.0 Å². The monoisotopic (exact) mass is 333 g/mol. The van der Waals surface area contributed by atoms with Crippen molar-refractivity contribution in [3.05, 3.63) is 42.7 Å². The number of hydrogen-bond acceptors (Lipinski definition) is 5. The predicted octanol–water partition coefficient (Wildman–Crippen LogP) is 2.38. The van der Waals surface area contributed by atoms with E-state index in [2.05, 4.69) is 14.7 Å². The van der Waals surface area contributed by atoms with Gasteiger partial charge in [-0.1, -0.05) is 0 Å². The van der Waals surface area contributed by atoms with Crippen molar-refractivity contribution < 1.29 is 17.9 Å². The number of H-pyrrole nitrogens is 1. The third-order valence-corrected chi connectivity index (χ3v) is 4.73. The number of rotatable bonds is 5. The van der Waals surface area contributed by atoms with Gasteiger partial charge in [0, 0.05) is 36.0 Å². The lowest BCUT2D eigenvalue weighted by Crippen LogP contribution is -2.12. The summed E-state index contributed by atoms with van der Waals surface area (Å²) in [5.41, 5.74) is 0.857. The molecule has 7 nitrogen and oxygen atoms in total. The first-order valence-electron chi connectivity index (χ1n) is 6.71. The molecular formula is C15H15N3O4S. The average molecular weight is 333 g/mol. The van der Waals surface area contributed by atoms with Crippen molar-refractivity contribution in [3.63, 3.8) is 0 Å². The molecule has 0 saturated carbocycles. The fourth-order valence-corrected chi connectivity index (χ4v) is 3.44. The molecule has 0 fully saturated rings. The fraction of sp³-hybridized carbons (Fsp3) is 0.133. The van der Waals surface area contributed by atoms with Gasteiger partial charge < -0.3 is 14.5 Å². The first-order chi connectivity index (χ1) is 11.0. The molecule has 0 aliphatic rings. The van der Waals surface area contributed by atoms with E-state index >= 15 is 0 Å². The van der Waals surface area contributed by atoms with Crippen molar-refractivity contribution in [2.45, 2.75) is 4.90 Å². The summed E-state index contributed by atoms with van der Waals surface area (Å²) in [5, 5.41) is 0.523. The number of benzene rings is 1. The molecule has 0 aliphatic carbocycles. The summed E-state index contributed by atoms with van der Waals surface area (Å²) in [4.78, 5) is 7.06. The van der Waals surface area contributed by atoms with Gasteiger partial charge in [0.15, 0.2) is 0 Å². The van der Waals surface area contributed by atoms with Gasteiger partial charge in [-0.05, 0) is 12.1 Å². The summed E-state index contributed by atoms with van der Waals surface area (Å²) in [5.74, 6) is 0.977. The Morgan fingerprint density at radius 2 is 1.83 bits per heavy atom. The van der Waals surface area contributed by atoms with Gasteiger partial charge in [0.05, 0.1) is 19.9 Å². The van der Waals surface area contributed by atoms with E-state index in [1.807, 2.05) is 0 Å². The zero-order chi connectivity index (χ0) is 16.4. The minimum atomic E-state index is -3.78. The van der Waals surface area contributed by atoms with E-state index in [4.69, 9.17) is 9.47 Å². The van der Waals surface area contributed by atoms with Crippen LogP contribution in [0.2, 0.25) is 0 Å². The molecule has 2 heterocycles. The van der Waals surface area contributed by atoms with Gasteiger partial charge in [-0.15, -0.1) is 0 Å². The van der Waals surface area contributed by atoms with Gasteiger partial charge in [-0.3, -0.25) is 4.72 Å². The Balaban J connectivity index is 2.01. The maximum Gasteiger partial charge on any atom is 0.264 e. The summed E-state index contributed by atoms with van der Waals surface area (Å²) in [6, 6.07) is 8.19. The molecule has 0 spiro atoms. The van der Waals surface area contributed by atoms with Crippen LogP contribution in [-0.2, 0) is 10.0 Å². The number of pyridine rings is 1. The molecular weight excluding hydrogens is 318 g/mol. The number of methoxy groups -OCH3 is 2. The van der Waals surface area contributed by atoms with Crippen molar-refractivity contribution in [2.75, 3.05) is 18.9 Å². The minimum absolute atomic E-state index is 0.127. The Labute approximate surface area is 133 Å². The third-order valence-electron chi connectivity index (χ3n) is 3.31. The van der Waals surface area contributed by atoms with Crippen LogP contribution >= 0.6 is 0 Å². The molecule has 23 heavy (non-hydrogen) atoms. The molecule has 0 aliphatic heterocycles. The predicted molar refractivity (Wildman–Crippen MR) is 86.4 cm³/mol. The second-order valence-corrected chi connectivity index (χ2v) is 6.41. The number of fused-ring (bicyclic) bond motifs is 1. The number of aromatic amines is 1. The second-order valence-electron chi connectivity index (χ2n) is 4.76. The third kappa shape index (κ3) is 2.93. The van der Waals surface area contributed by atoms with Crippen molar-refractivity contribution in [3.8, 4) is 11.5 Å². The highest BCUT2D eigenvalue weighted by Gasteiger charge is 2.20. The van der Waals surface area contributed by atoms with Crippen LogP contribution in [0.5, 0.6) is 11.5 Å². The molecule has 0 atom stereocenters. The Morgan fingerprint density at radius 1 is 1.13 bits per heavy atom. The van der Waals surface area contributed by atoms with Gasteiger partial charge in [-0.25, -0.2) is 13.4 Å². The van der Waals surface area contributed by atoms with Crippen LogP contribution in [0.4, 0.5) is 5.69 Å². The molecule has 0 unspecified atom stereocenters.